The van der Waals surface area contributed by atoms with Crippen LogP contribution >= 0.6 is 0 Å². The number of hydrogen-bond donors (Lipinski definition) is 2. The van der Waals surface area contributed by atoms with Crippen molar-refractivity contribution in [3.63, 3.8) is 0 Å². The Kier molecular flexibility index (Phi) is 4.98. The second-order valence-corrected chi connectivity index (χ2v) is 7.88. The van der Waals surface area contributed by atoms with Crippen LogP contribution in [0.15, 0.2) is 18.2 Å². The Morgan fingerprint density at radius 2 is 2.00 bits per heavy atom. The van der Waals surface area contributed by atoms with E-state index in [2.05, 4.69) is 19.2 Å². The molecule has 0 atom stereocenters. The number of carbonyl (C=O) groups is 1. The van der Waals surface area contributed by atoms with Gasteiger partial charge in [0, 0.05) is 40.6 Å². The number of rotatable bonds is 4. The molecule has 0 amide bonds. The zero-order valence-electron chi connectivity index (χ0n) is 15.4. The number of fused-ring (bicyclic) bond motifs is 1. The van der Waals surface area contributed by atoms with E-state index in [0.29, 0.717) is 5.75 Å². The van der Waals surface area contributed by atoms with Crippen LogP contribution < -0.4 is 10.1 Å². The molecule has 1 heterocycles. The number of benzene rings is 1. The largest absolute Gasteiger partial charge is 0.496 e. The van der Waals surface area contributed by atoms with Crippen molar-refractivity contribution in [2.75, 3.05) is 7.11 Å². The fourth-order valence-corrected chi connectivity index (χ4v) is 4.04. The molecule has 0 saturated heterocycles. The number of ketones is 1. The molecule has 1 fully saturated rings. The normalized spacial score (nSPS) is 21.3. The molecule has 4 nitrogen and oxygen atoms in total. The predicted molar refractivity (Wildman–Crippen MR) is 101 cm³/mol. The molecule has 4 heteroatoms. The lowest BCUT2D eigenvalue weighted by Crippen LogP contribution is -2.44. The van der Waals surface area contributed by atoms with E-state index >= 15 is 0 Å². The van der Waals surface area contributed by atoms with Gasteiger partial charge in [0.25, 0.3) is 0 Å². The van der Waals surface area contributed by atoms with E-state index in [1.807, 2.05) is 12.1 Å². The quantitative estimate of drug-likeness (QED) is 0.640. The number of carbonyl (C=O) groups excluding carboxylic acids is 1. The SMILES string of the molecule is COc1cc2c(cc1C=N)/C(=C/C(=O)C1CCCCC1)NC(C)(C)C2. The Morgan fingerprint density at radius 3 is 2.64 bits per heavy atom. The van der Waals surface area contributed by atoms with E-state index in [4.69, 9.17) is 10.1 Å². The van der Waals surface area contributed by atoms with Crippen LogP contribution in [0, 0.1) is 11.3 Å². The van der Waals surface area contributed by atoms with E-state index in [0.717, 1.165) is 54.5 Å². The van der Waals surface area contributed by atoms with E-state index in [9.17, 15) is 4.79 Å². The predicted octanol–water partition coefficient (Wildman–Crippen LogP) is 4.11. The third kappa shape index (κ3) is 3.78. The molecule has 0 unspecified atom stereocenters. The Bertz CT molecular complexity index is 713. The van der Waals surface area contributed by atoms with Crippen LogP contribution in [0.1, 0.15) is 62.6 Å². The summed E-state index contributed by atoms with van der Waals surface area (Å²) in [5.41, 5.74) is 3.67. The third-order valence-corrected chi connectivity index (χ3v) is 5.30. The summed E-state index contributed by atoms with van der Waals surface area (Å²) in [6, 6.07) is 3.97. The summed E-state index contributed by atoms with van der Waals surface area (Å²) >= 11 is 0. The molecule has 1 aliphatic heterocycles. The summed E-state index contributed by atoms with van der Waals surface area (Å²) < 4.78 is 5.42. The van der Waals surface area contributed by atoms with Gasteiger partial charge in [0.2, 0.25) is 0 Å². The first-order chi connectivity index (χ1) is 11.9. The standard InChI is InChI=1S/C21H28N2O2/c1-21(2)12-15-10-20(25-3)16(13-22)9-17(15)18(23-21)11-19(24)14-7-5-4-6-8-14/h9-11,13-14,22-23H,4-8,12H2,1-3H3/b18-11-,22-13?. The second-order valence-electron chi connectivity index (χ2n) is 7.88. The lowest BCUT2D eigenvalue weighted by atomic mass is 9.82. The van der Waals surface area contributed by atoms with Crippen LogP contribution in [0.2, 0.25) is 0 Å². The fourth-order valence-electron chi connectivity index (χ4n) is 4.04. The highest BCUT2D eigenvalue weighted by Gasteiger charge is 2.30. The molecular weight excluding hydrogens is 312 g/mol. The topological polar surface area (TPSA) is 62.2 Å². The molecule has 0 bridgehead atoms. The van der Waals surface area contributed by atoms with Gasteiger partial charge in [0.05, 0.1) is 7.11 Å². The Hall–Kier alpha value is -2.10. The van der Waals surface area contributed by atoms with Crippen LogP contribution in [0.3, 0.4) is 0 Å². The van der Waals surface area contributed by atoms with E-state index in [1.54, 1.807) is 13.2 Å². The number of ether oxygens (including phenoxy) is 1. The molecule has 2 N–H and O–H groups in total. The minimum atomic E-state index is -0.122. The number of hydrogen-bond acceptors (Lipinski definition) is 4. The van der Waals surface area contributed by atoms with Crippen molar-refractivity contribution in [3.05, 3.63) is 34.9 Å². The number of methoxy groups -OCH3 is 1. The van der Waals surface area contributed by atoms with Gasteiger partial charge >= 0.3 is 0 Å². The summed E-state index contributed by atoms with van der Waals surface area (Å²) in [5, 5.41) is 11.2. The third-order valence-electron chi connectivity index (χ3n) is 5.30. The van der Waals surface area contributed by atoms with E-state index in [1.165, 1.54) is 12.6 Å². The fraction of sp³-hybridized carbons (Fsp3) is 0.524. The summed E-state index contributed by atoms with van der Waals surface area (Å²) in [4.78, 5) is 12.8. The molecule has 25 heavy (non-hydrogen) atoms. The average molecular weight is 340 g/mol. The molecule has 1 aromatic rings. The zero-order chi connectivity index (χ0) is 18.0. The summed E-state index contributed by atoms with van der Waals surface area (Å²) in [6.45, 7) is 4.29. The van der Waals surface area contributed by atoms with Gasteiger partial charge in [-0.25, -0.2) is 0 Å². The van der Waals surface area contributed by atoms with Crippen LogP contribution in [0.5, 0.6) is 5.75 Å². The summed E-state index contributed by atoms with van der Waals surface area (Å²) in [7, 11) is 1.63. The van der Waals surface area contributed by atoms with Gasteiger partial charge in [0.15, 0.2) is 5.78 Å². The van der Waals surface area contributed by atoms with Crippen LogP contribution in [0.25, 0.3) is 5.70 Å². The van der Waals surface area contributed by atoms with Crippen molar-refractivity contribution in [1.29, 1.82) is 5.41 Å². The molecule has 0 spiro atoms. The molecular formula is C21H28N2O2. The van der Waals surface area contributed by atoms with Crippen molar-refractivity contribution >= 4 is 17.7 Å². The van der Waals surface area contributed by atoms with Gasteiger partial charge in [0.1, 0.15) is 5.75 Å². The van der Waals surface area contributed by atoms with Crippen molar-refractivity contribution in [3.8, 4) is 5.75 Å². The molecule has 2 aliphatic rings. The summed E-state index contributed by atoms with van der Waals surface area (Å²) in [5.74, 6) is 1.11. The highest BCUT2D eigenvalue weighted by Crippen LogP contribution is 2.35. The lowest BCUT2D eigenvalue weighted by molar-refractivity contribution is -0.119. The van der Waals surface area contributed by atoms with Gasteiger partial charge in [-0.1, -0.05) is 19.3 Å². The molecule has 0 aromatic heterocycles. The van der Waals surface area contributed by atoms with Crippen molar-refractivity contribution < 1.29 is 9.53 Å². The van der Waals surface area contributed by atoms with Gasteiger partial charge in [-0.15, -0.1) is 0 Å². The van der Waals surface area contributed by atoms with E-state index < -0.39 is 0 Å². The molecule has 134 valence electrons. The number of nitrogens with one attached hydrogen (secondary N) is 2. The first-order valence-electron chi connectivity index (χ1n) is 9.19. The van der Waals surface area contributed by atoms with Gasteiger partial charge in [-0.05, 0) is 50.8 Å². The highest BCUT2D eigenvalue weighted by atomic mass is 16.5. The first kappa shape index (κ1) is 17.7. The molecule has 1 saturated carbocycles. The van der Waals surface area contributed by atoms with Gasteiger partial charge < -0.3 is 15.5 Å². The van der Waals surface area contributed by atoms with Crippen LogP contribution in [0.4, 0.5) is 0 Å². The Labute approximate surface area is 150 Å². The Morgan fingerprint density at radius 1 is 1.28 bits per heavy atom. The molecule has 1 aromatic carbocycles. The number of allylic oxidation sites excluding steroid dienone is 1. The molecule has 1 aliphatic carbocycles. The van der Waals surface area contributed by atoms with Crippen molar-refractivity contribution in [1.82, 2.24) is 5.32 Å². The maximum Gasteiger partial charge on any atom is 0.160 e. The monoisotopic (exact) mass is 340 g/mol. The smallest absolute Gasteiger partial charge is 0.160 e. The van der Waals surface area contributed by atoms with Crippen molar-refractivity contribution in [2.24, 2.45) is 5.92 Å². The van der Waals surface area contributed by atoms with Crippen LogP contribution in [-0.2, 0) is 11.2 Å². The lowest BCUT2D eigenvalue weighted by Gasteiger charge is -2.36. The second kappa shape index (κ2) is 7.03. The molecule has 0 radical (unpaired) electrons. The Balaban J connectivity index is 2.01. The highest BCUT2D eigenvalue weighted by molar-refractivity contribution is 5.99. The maximum atomic E-state index is 12.8. The van der Waals surface area contributed by atoms with Crippen molar-refractivity contribution in [2.45, 2.75) is 57.9 Å². The van der Waals surface area contributed by atoms with E-state index in [-0.39, 0.29) is 17.2 Å². The minimum Gasteiger partial charge on any atom is -0.496 e. The van der Waals surface area contributed by atoms with Crippen LogP contribution in [-0.4, -0.2) is 24.6 Å². The van der Waals surface area contributed by atoms with Gasteiger partial charge in [-0.2, -0.15) is 0 Å². The summed E-state index contributed by atoms with van der Waals surface area (Å²) in [6.07, 6.45) is 9.53. The molecule has 3 rings (SSSR count). The zero-order valence-corrected chi connectivity index (χ0v) is 15.4. The first-order valence-corrected chi connectivity index (χ1v) is 9.19. The average Bonchev–Trinajstić information content (AvgIpc) is 2.60. The minimum absolute atomic E-state index is 0.122. The maximum absolute atomic E-state index is 12.8. The van der Waals surface area contributed by atoms with Gasteiger partial charge in [-0.3, -0.25) is 4.79 Å².